The molecule has 4 aromatic rings. The van der Waals surface area contributed by atoms with Crippen molar-refractivity contribution in [3.05, 3.63) is 101 Å². The maximum atomic E-state index is 14.6. The Balaban J connectivity index is 1.69. The Morgan fingerprint density at radius 1 is 0.895 bits per heavy atom. The number of fused-ring (bicyclic) bond motifs is 2. The van der Waals surface area contributed by atoms with E-state index in [4.69, 9.17) is 4.74 Å². The summed E-state index contributed by atoms with van der Waals surface area (Å²) >= 11 is 0. The van der Waals surface area contributed by atoms with Gasteiger partial charge in [0.1, 0.15) is 11.2 Å². The zero-order valence-electron chi connectivity index (χ0n) is 22.1. The molecule has 6 nitrogen and oxygen atoms in total. The molecule has 0 saturated carbocycles. The van der Waals surface area contributed by atoms with Gasteiger partial charge in [0, 0.05) is 64.3 Å². The third-order valence-electron chi connectivity index (χ3n) is 7.92. The number of anilines is 2. The van der Waals surface area contributed by atoms with Crippen LogP contribution in [0.4, 0.5) is 11.4 Å². The molecule has 0 unspecified atom stereocenters. The standard InChI is InChI=1S/C32H31N3O3/c1-31(2)17-26(34-20-13-15-21(38-4)16-14-20)29(28(36)18-31)32(24-19-33-25-11-7-5-9-22(24)25)23-10-6-8-12-27(23)35(3)30(32)37/h5-16,19,33-34H,17-18H2,1-4H3/t32-/m1/s1. The molecule has 1 amide bonds. The number of ketones is 1. The normalized spacial score (nSPS) is 20.7. The molecule has 1 aliphatic heterocycles. The van der Waals surface area contributed by atoms with Gasteiger partial charge >= 0.3 is 0 Å². The number of Topliss-reactive ketones (excluding diaryl/α,β-unsaturated/α-hetero) is 1. The second-order valence-corrected chi connectivity index (χ2v) is 11.0. The van der Waals surface area contributed by atoms with Crippen molar-refractivity contribution in [2.75, 3.05) is 24.4 Å². The number of hydrogen-bond donors (Lipinski definition) is 2. The van der Waals surface area contributed by atoms with E-state index in [1.54, 1.807) is 19.1 Å². The lowest BCUT2D eigenvalue weighted by atomic mass is 9.62. The van der Waals surface area contributed by atoms with Gasteiger partial charge in [0.2, 0.25) is 5.91 Å². The van der Waals surface area contributed by atoms with E-state index in [-0.39, 0.29) is 17.1 Å². The summed E-state index contributed by atoms with van der Waals surface area (Å²) in [5.74, 6) is 0.614. The largest absolute Gasteiger partial charge is 0.497 e. The number of nitrogens with zero attached hydrogens (tertiary/aromatic N) is 1. The van der Waals surface area contributed by atoms with Gasteiger partial charge in [0.05, 0.1) is 7.11 Å². The van der Waals surface area contributed by atoms with Gasteiger partial charge in [-0.3, -0.25) is 9.59 Å². The van der Waals surface area contributed by atoms with Crippen LogP contribution in [-0.2, 0) is 15.0 Å². The van der Waals surface area contributed by atoms with E-state index in [1.807, 2.05) is 79.0 Å². The van der Waals surface area contributed by atoms with Gasteiger partial charge in [-0.2, -0.15) is 0 Å². The Morgan fingerprint density at radius 3 is 2.37 bits per heavy atom. The first-order chi connectivity index (χ1) is 18.3. The van der Waals surface area contributed by atoms with Crippen molar-refractivity contribution < 1.29 is 14.3 Å². The molecule has 0 bridgehead atoms. The van der Waals surface area contributed by atoms with Crippen LogP contribution in [0.1, 0.15) is 37.8 Å². The summed E-state index contributed by atoms with van der Waals surface area (Å²) in [6, 6.07) is 23.4. The Labute approximate surface area is 222 Å². The third kappa shape index (κ3) is 3.47. The predicted octanol–water partition coefficient (Wildman–Crippen LogP) is 6.19. The number of likely N-dealkylation sites (N-methyl/N-ethyl adjacent to an activating group) is 1. The Bertz CT molecular complexity index is 1610. The molecule has 6 rings (SSSR count). The highest BCUT2D eigenvalue weighted by Crippen LogP contribution is 2.55. The first-order valence-electron chi connectivity index (χ1n) is 12.9. The van der Waals surface area contributed by atoms with E-state index in [2.05, 4.69) is 24.1 Å². The average Bonchev–Trinajstić information content (AvgIpc) is 3.42. The predicted molar refractivity (Wildman–Crippen MR) is 151 cm³/mol. The molecule has 2 aliphatic rings. The van der Waals surface area contributed by atoms with E-state index in [0.717, 1.165) is 44.9 Å². The molecule has 0 saturated heterocycles. The number of ether oxygens (including phenoxy) is 1. The second kappa shape index (κ2) is 8.62. The minimum atomic E-state index is -1.28. The first kappa shape index (κ1) is 24.0. The monoisotopic (exact) mass is 505 g/mol. The lowest BCUT2D eigenvalue weighted by Gasteiger charge is -2.39. The highest BCUT2D eigenvalue weighted by atomic mass is 16.5. The summed E-state index contributed by atoms with van der Waals surface area (Å²) in [6.45, 7) is 4.21. The van der Waals surface area contributed by atoms with Gasteiger partial charge in [-0.25, -0.2) is 0 Å². The van der Waals surface area contributed by atoms with Crippen LogP contribution >= 0.6 is 0 Å². The average molecular weight is 506 g/mol. The molecular weight excluding hydrogens is 474 g/mol. The number of allylic oxidation sites excluding steroid dienone is 1. The maximum Gasteiger partial charge on any atom is 0.246 e. The molecule has 192 valence electrons. The maximum absolute atomic E-state index is 14.6. The molecule has 0 radical (unpaired) electrons. The van der Waals surface area contributed by atoms with Crippen LogP contribution in [-0.4, -0.2) is 30.8 Å². The zero-order valence-corrected chi connectivity index (χ0v) is 22.1. The van der Waals surface area contributed by atoms with Crippen LogP contribution < -0.4 is 15.0 Å². The fraction of sp³-hybridized carbons (Fsp3) is 0.250. The topological polar surface area (TPSA) is 74.4 Å². The first-order valence-corrected chi connectivity index (χ1v) is 12.9. The highest BCUT2D eigenvalue weighted by molar-refractivity contribution is 6.20. The number of nitrogens with one attached hydrogen (secondary N) is 2. The highest BCUT2D eigenvalue weighted by Gasteiger charge is 2.58. The van der Waals surface area contributed by atoms with E-state index >= 15 is 0 Å². The number of para-hydroxylation sites is 2. The Morgan fingerprint density at radius 2 is 1.61 bits per heavy atom. The Hall–Kier alpha value is -4.32. The number of carbonyl (C=O) groups excluding carboxylic acids is 2. The molecule has 0 fully saturated rings. The van der Waals surface area contributed by atoms with Crippen molar-refractivity contribution in [3.63, 3.8) is 0 Å². The molecule has 38 heavy (non-hydrogen) atoms. The van der Waals surface area contributed by atoms with E-state index in [9.17, 15) is 9.59 Å². The van der Waals surface area contributed by atoms with Crippen LogP contribution in [0, 0.1) is 5.41 Å². The third-order valence-corrected chi connectivity index (χ3v) is 7.92. The molecule has 6 heteroatoms. The fourth-order valence-corrected chi connectivity index (χ4v) is 6.29. The van der Waals surface area contributed by atoms with Gasteiger partial charge < -0.3 is 19.9 Å². The molecule has 1 atom stereocenters. The second-order valence-electron chi connectivity index (χ2n) is 11.0. The van der Waals surface area contributed by atoms with Gasteiger partial charge in [0.25, 0.3) is 0 Å². The lowest BCUT2D eigenvalue weighted by Crippen LogP contribution is -2.47. The number of aromatic amines is 1. The van der Waals surface area contributed by atoms with Gasteiger partial charge in [-0.15, -0.1) is 0 Å². The molecule has 1 aliphatic carbocycles. The van der Waals surface area contributed by atoms with Crippen molar-refractivity contribution in [2.24, 2.45) is 5.41 Å². The summed E-state index contributed by atoms with van der Waals surface area (Å²) < 4.78 is 5.33. The van der Waals surface area contributed by atoms with E-state index in [1.165, 1.54) is 0 Å². The van der Waals surface area contributed by atoms with Crippen molar-refractivity contribution in [1.82, 2.24) is 4.98 Å². The number of carbonyl (C=O) groups is 2. The molecule has 2 N–H and O–H groups in total. The van der Waals surface area contributed by atoms with E-state index in [0.29, 0.717) is 18.4 Å². The molecule has 1 aromatic heterocycles. The van der Waals surface area contributed by atoms with Crippen molar-refractivity contribution >= 4 is 34.0 Å². The summed E-state index contributed by atoms with van der Waals surface area (Å²) in [5, 5.41) is 4.50. The number of hydrogen-bond acceptors (Lipinski definition) is 4. The number of benzene rings is 3. The summed E-state index contributed by atoms with van der Waals surface area (Å²) in [7, 11) is 3.43. The molecule has 3 aromatic carbocycles. The van der Waals surface area contributed by atoms with Crippen LogP contribution in [0.25, 0.3) is 10.9 Å². The number of amides is 1. The van der Waals surface area contributed by atoms with Gasteiger partial charge in [0.15, 0.2) is 5.78 Å². The van der Waals surface area contributed by atoms with Gasteiger partial charge in [-0.05, 0) is 48.2 Å². The van der Waals surface area contributed by atoms with Crippen LogP contribution in [0.2, 0.25) is 0 Å². The smallest absolute Gasteiger partial charge is 0.246 e. The van der Waals surface area contributed by atoms with Gasteiger partial charge in [-0.1, -0.05) is 50.2 Å². The van der Waals surface area contributed by atoms with Crippen LogP contribution in [0.3, 0.4) is 0 Å². The van der Waals surface area contributed by atoms with Crippen molar-refractivity contribution in [2.45, 2.75) is 32.1 Å². The summed E-state index contributed by atoms with van der Waals surface area (Å²) in [6.07, 6.45) is 2.90. The van der Waals surface area contributed by atoms with Crippen molar-refractivity contribution in [1.29, 1.82) is 0 Å². The lowest BCUT2D eigenvalue weighted by molar-refractivity contribution is -0.124. The number of H-pyrrole nitrogens is 1. The minimum Gasteiger partial charge on any atom is -0.497 e. The summed E-state index contributed by atoms with van der Waals surface area (Å²) in [5.41, 5.74) is 3.97. The summed E-state index contributed by atoms with van der Waals surface area (Å²) in [4.78, 5) is 34.0. The van der Waals surface area contributed by atoms with Crippen LogP contribution in [0.5, 0.6) is 5.75 Å². The van der Waals surface area contributed by atoms with Crippen molar-refractivity contribution in [3.8, 4) is 5.75 Å². The zero-order chi connectivity index (χ0) is 26.7. The SMILES string of the molecule is COc1ccc(NC2=C([C@@]3(c4c[nH]c5ccccc45)C(=O)N(C)c4ccccc43)C(=O)CC(C)(C)C2)cc1. The quantitative estimate of drug-likeness (QED) is 0.339. The molecular formula is C32H31N3O3. The van der Waals surface area contributed by atoms with E-state index < -0.39 is 5.41 Å². The molecule has 0 spiro atoms. The Kier molecular flexibility index (Phi) is 5.45. The number of aromatic nitrogens is 1. The fourth-order valence-electron chi connectivity index (χ4n) is 6.29. The molecule has 2 heterocycles. The number of methoxy groups -OCH3 is 1. The minimum absolute atomic E-state index is 0.0130. The number of rotatable bonds is 5. The van der Waals surface area contributed by atoms with Crippen LogP contribution in [0.15, 0.2) is 90.3 Å².